The van der Waals surface area contributed by atoms with E-state index in [0.717, 1.165) is 0 Å². The molecular formula is C4H3N3O. The van der Waals surface area contributed by atoms with Crippen molar-refractivity contribution >= 4 is 11.2 Å². The average molecular weight is 109 g/mol. The Labute approximate surface area is 44.5 Å². The maximum atomic E-state index is 4.85. The van der Waals surface area contributed by atoms with Crippen LogP contribution in [-0.2, 0) is 0 Å². The smallest absolute Gasteiger partial charge is 0.194 e. The van der Waals surface area contributed by atoms with Crippen LogP contribution in [0.4, 0.5) is 0 Å². The van der Waals surface area contributed by atoms with E-state index in [1.807, 2.05) is 0 Å². The van der Waals surface area contributed by atoms with E-state index in [1.165, 1.54) is 6.39 Å². The summed E-state index contributed by atoms with van der Waals surface area (Å²) in [5.41, 5.74) is 1.40. The predicted molar refractivity (Wildman–Crippen MR) is 26.2 cm³/mol. The lowest BCUT2D eigenvalue weighted by atomic mass is 10.7. The van der Waals surface area contributed by atoms with Gasteiger partial charge in [0.1, 0.15) is 0 Å². The monoisotopic (exact) mass is 109 g/mol. The molecule has 0 aliphatic heterocycles. The van der Waals surface area contributed by atoms with Crippen LogP contribution in [0.2, 0.25) is 0 Å². The highest BCUT2D eigenvalue weighted by molar-refractivity contribution is 5.65. The molecule has 0 aliphatic carbocycles. The van der Waals surface area contributed by atoms with E-state index in [9.17, 15) is 0 Å². The fourth-order valence-corrected chi connectivity index (χ4v) is 0.583. The maximum Gasteiger partial charge on any atom is 0.194 e. The summed E-state index contributed by atoms with van der Waals surface area (Å²) >= 11 is 0. The molecule has 0 saturated carbocycles. The number of nitrogens with zero attached hydrogens (tertiary/aromatic N) is 2. The second kappa shape index (κ2) is 1.09. The summed E-state index contributed by atoms with van der Waals surface area (Å²) in [5, 5.41) is 6.32. The molecule has 0 aliphatic rings. The molecule has 8 heavy (non-hydrogen) atoms. The lowest BCUT2D eigenvalue weighted by molar-refractivity contribution is 0.601. The highest BCUT2D eigenvalue weighted by Crippen LogP contribution is 2.04. The van der Waals surface area contributed by atoms with Crippen LogP contribution in [0.15, 0.2) is 17.0 Å². The van der Waals surface area contributed by atoms with Gasteiger partial charge >= 0.3 is 0 Å². The van der Waals surface area contributed by atoms with E-state index in [4.69, 9.17) is 4.42 Å². The molecule has 40 valence electrons. The molecule has 1 N–H and O–H groups in total. The molecule has 0 bridgehead atoms. The Balaban J connectivity index is 3.06. The zero-order valence-corrected chi connectivity index (χ0v) is 3.96. The Morgan fingerprint density at radius 3 is 3.50 bits per heavy atom. The van der Waals surface area contributed by atoms with Crippen molar-refractivity contribution < 1.29 is 4.42 Å². The molecule has 0 aromatic carbocycles. The zero-order valence-electron chi connectivity index (χ0n) is 3.96. The summed E-state index contributed by atoms with van der Waals surface area (Å²) in [6, 6.07) is 0. The molecule has 0 saturated heterocycles. The fraction of sp³-hybridized carbons (Fsp3) is 0. The molecular weight excluding hydrogens is 106 g/mol. The summed E-state index contributed by atoms with van der Waals surface area (Å²) < 4.78 is 4.85. The molecule has 4 heteroatoms. The fourth-order valence-electron chi connectivity index (χ4n) is 0.583. The van der Waals surface area contributed by atoms with E-state index in [-0.39, 0.29) is 0 Å². The normalized spacial score (nSPS) is 10.5. The highest BCUT2D eigenvalue weighted by atomic mass is 16.3. The van der Waals surface area contributed by atoms with Crippen LogP contribution in [0.25, 0.3) is 11.2 Å². The van der Waals surface area contributed by atoms with Gasteiger partial charge in [-0.2, -0.15) is 10.1 Å². The molecule has 4 nitrogen and oxygen atoms in total. The summed E-state index contributed by atoms with van der Waals surface area (Å²) in [6.45, 7) is 0. The Hall–Kier alpha value is -1.32. The number of aromatic nitrogens is 3. The van der Waals surface area contributed by atoms with Crippen molar-refractivity contribution in [2.45, 2.75) is 0 Å². The topological polar surface area (TPSA) is 54.7 Å². The van der Waals surface area contributed by atoms with Crippen molar-refractivity contribution in [3.8, 4) is 0 Å². The molecule has 2 aromatic rings. The van der Waals surface area contributed by atoms with E-state index in [2.05, 4.69) is 15.2 Å². The number of rotatable bonds is 0. The van der Waals surface area contributed by atoms with Gasteiger partial charge in [0, 0.05) is 0 Å². The van der Waals surface area contributed by atoms with Crippen LogP contribution >= 0.6 is 0 Å². The van der Waals surface area contributed by atoms with Crippen molar-refractivity contribution in [3.63, 3.8) is 0 Å². The number of nitrogens with one attached hydrogen (secondary N) is 1. The Kier molecular flexibility index (Phi) is 0.498. The van der Waals surface area contributed by atoms with Crippen LogP contribution in [0, 0.1) is 0 Å². The predicted octanol–water partition coefficient (Wildman–Crippen LogP) is 0.551. The van der Waals surface area contributed by atoms with Gasteiger partial charge < -0.3 is 4.42 Å². The second-order valence-electron chi connectivity index (χ2n) is 1.44. The lowest BCUT2D eigenvalue weighted by Crippen LogP contribution is -1.64. The zero-order chi connectivity index (χ0) is 5.40. The van der Waals surface area contributed by atoms with E-state index < -0.39 is 0 Å². The Morgan fingerprint density at radius 1 is 1.62 bits per heavy atom. The van der Waals surface area contributed by atoms with E-state index in [1.54, 1.807) is 6.20 Å². The largest absolute Gasteiger partial charge is 0.440 e. The summed E-state index contributed by atoms with van der Waals surface area (Å²) in [5.74, 6) is 0. The molecule has 0 amide bonds. The SMILES string of the molecule is c1nc2[nH]ncc2o1. The molecule has 0 atom stereocenters. The number of hydrogen-bond acceptors (Lipinski definition) is 3. The van der Waals surface area contributed by atoms with E-state index >= 15 is 0 Å². The molecule has 0 fully saturated rings. The van der Waals surface area contributed by atoms with Gasteiger partial charge in [0.2, 0.25) is 0 Å². The van der Waals surface area contributed by atoms with Gasteiger partial charge in [-0.25, -0.2) is 0 Å². The quantitative estimate of drug-likeness (QED) is 0.537. The first-order chi connectivity index (χ1) is 3.97. The van der Waals surface area contributed by atoms with Gasteiger partial charge in [-0.05, 0) is 0 Å². The number of aromatic amines is 1. The van der Waals surface area contributed by atoms with Gasteiger partial charge in [-0.1, -0.05) is 0 Å². The minimum absolute atomic E-state index is 0.699. The second-order valence-corrected chi connectivity index (χ2v) is 1.44. The van der Waals surface area contributed by atoms with Crippen molar-refractivity contribution in [2.75, 3.05) is 0 Å². The van der Waals surface area contributed by atoms with Crippen LogP contribution in [-0.4, -0.2) is 15.2 Å². The first-order valence-electron chi connectivity index (χ1n) is 2.19. The molecule has 2 aromatic heterocycles. The molecule has 0 radical (unpaired) electrons. The van der Waals surface area contributed by atoms with Crippen LogP contribution < -0.4 is 0 Å². The number of fused-ring (bicyclic) bond motifs is 1. The third-order valence-electron chi connectivity index (χ3n) is 0.947. The first kappa shape index (κ1) is 3.65. The van der Waals surface area contributed by atoms with Gasteiger partial charge in [0.15, 0.2) is 17.6 Å². The number of oxazole rings is 1. The van der Waals surface area contributed by atoms with Crippen LogP contribution in [0.5, 0.6) is 0 Å². The standard InChI is InChI=1S/C4H3N3O/c1-3-4(7-6-1)5-2-8-3/h1-2H,(H,6,7). The highest BCUT2D eigenvalue weighted by Gasteiger charge is 1.94. The van der Waals surface area contributed by atoms with Crippen molar-refractivity contribution in [3.05, 3.63) is 12.6 Å². The molecule has 2 heterocycles. The molecule has 2 rings (SSSR count). The maximum absolute atomic E-state index is 4.85. The van der Waals surface area contributed by atoms with Gasteiger partial charge in [-0.3, -0.25) is 5.10 Å². The third-order valence-corrected chi connectivity index (χ3v) is 0.947. The average Bonchev–Trinajstić information content (AvgIpc) is 2.15. The summed E-state index contributed by atoms with van der Waals surface area (Å²) in [6.07, 6.45) is 2.96. The van der Waals surface area contributed by atoms with Crippen molar-refractivity contribution in [1.29, 1.82) is 0 Å². The van der Waals surface area contributed by atoms with Crippen molar-refractivity contribution in [2.24, 2.45) is 0 Å². The third kappa shape index (κ3) is 0.294. The summed E-state index contributed by atoms with van der Waals surface area (Å²) in [4.78, 5) is 3.79. The minimum Gasteiger partial charge on any atom is -0.440 e. The first-order valence-corrected chi connectivity index (χ1v) is 2.19. The van der Waals surface area contributed by atoms with E-state index in [0.29, 0.717) is 11.2 Å². The molecule has 0 spiro atoms. The summed E-state index contributed by atoms with van der Waals surface area (Å²) in [7, 11) is 0. The number of hydrogen-bond donors (Lipinski definition) is 1. The van der Waals surface area contributed by atoms with Gasteiger partial charge in [0.25, 0.3) is 0 Å². The lowest BCUT2D eigenvalue weighted by Gasteiger charge is -1.61. The molecule has 0 unspecified atom stereocenters. The van der Waals surface area contributed by atoms with Crippen LogP contribution in [0.3, 0.4) is 0 Å². The Morgan fingerprint density at radius 2 is 2.62 bits per heavy atom. The van der Waals surface area contributed by atoms with Gasteiger partial charge in [-0.15, -0.1) is 0 Å². The number of H-pyrrole nitrogens is 1. The van der Waals surface area contributed by atoms with Crippen LogP contribution in [0.1, 0.15) is 0 Å². The Bertz CT molecular complexity index is 233. The van der Waals surface area contributed by atoms with Gasteiger partial charge in [0.05, 0.1) is 6.20 Å². The minimum atomic E-state index is 0.699. The van der Waals surface area contributed by atoms with Crippen molar-refractivity contribution in [1.82, 2.24) is 15.2 Å².